The van der Waals surface area contributed by atoms with Crippen LogP contribution in [-0.4, -0.2) is 23.8 Å². The number of rotatable bonds is 10. The van der Waals surface area contributed by atoms with Gasteiger partial charge in [-0.25, -0.2) is 14.2 Å². The summed E-state index contributed by atoms with van der Waals surface area (Å²) in [6, 6.07) is 27.9. The summed E-state index contributed by atoms with van der Waals surface area (Å²) in [5.74, 6) is 0.341. The number of halogens is 2. The summed E-state index contributed by atoms with van der Waals surface area (Å²) in [6.45, 7) is 4.40. The molecule has 1 aliphatic rings. The lowest BCUT2D eigenvalue weighted by Crippen LogP contribution is -2.40. The lowest BCUT2D eigenvalue weighted by atomic mass is 9.93. The van der Waals surface area contributed by atoms with Crippen molar-refractivity contribution in [3.05, 3.63) is 155 Å². The van der Waals surface area contributed by atoms with Crippen molar-refractivity contribution in [3.8, 4) is 11.5 Å². The summed E-state index contributed by atoms with van der Waals surface area (Å²) in [5.41, 5.74) is 3.08. The third-order valence-electron chi connectivity index (χ3n) is 7.48. The number of fused-ring (bicyclic) bond motifs is 1. The maximum atomic E-state index is 14.2. The first-order valence-electron chi connectivity index (χ1n) is 15.0. The molecule has 7 nitrogen and oxygen atoms in total. The molecular weight excluding hydrogens is 683 g/mol. The molecular formula is C37H30BrFN2O5S. The van der Waals surface area contributed by atoms with Crippen LogP contribution in [0.3, 0.4) is 0 Å². The quantitative estimate of drug-likeness (QED) is 0.149. The number of hydrogen-bond donors (Lipinski definition) is 0. The lowest BCUT2D eigenvalue weighted by Gasteiger charge is -2.26. The fraction of sp³-hybridized carbons (Fsp3) is 0.162. The van der Waals surface area contributed by atoms with Crippen LogP contribution in [0.25, 0.3) is 11.8 Å². The predicted octanol–water partition coefficient (Wildman–Crippen LogP) is 6.81. The number of carbonyl (C=O) groups is 1. The standard InChI is InChI=1S/C37H30BrFN2O5S/c1-3-44-27-17-15-25(16-18-27)34-32(36(43)45-4-2)33(24-10-6-5-7-11-24)40-37-41(34)35(42)31(47-37)21-23-14-19-30(28(38)20-23)46-22-26-12-8-9-13-29(26)39/h5-21,34H,3-4,22H2,1-2H3/b31-21-/t34-/m1/s1. The number of benzene rings is 4. The smallest absolute Gasteiger partial charge is 0.338 e. The topological polar surface area (TPSA) is 79.1 Å². The van der Waals surface area contributed by atoms with E-state index in [1.807, 2.05) is 73.7 Å². The summed E-state index contributed by atoms with van der Waals surface area (Å²) < 4.78 is 33.8. The summed E-state index contributed by atoms with van der Waals surface area (Å²) >= 11 is 4.79. The van der Waals surface area contributed by atoms with Crippen molar-refractivity contribution in [3.63, 3.8) is 0 Å². The Morgan fingerprint density at radius 1 is 0.957 bits per heavy atom. The molecule has 6 rings (SSSR count). The van der Waals surface area contributed by atoms with Crippen molar-refractivity contribution in [1.82, 2.24) is 4.57 Å². The third-order valence-corrected chi connectivity index (χ3v) is 9.08. The van der Waals surface area contributed by atoms with Crippen LogP contribution in [0.15, 0.2) is 117 Å². The van der Waals surface area contributed by atoms with Gasteiger partial charge in [-0.2, -0.15) is 0 Å². The molecule has 2 heterocycles. The van der Waals surface area contributed by atoms with Gasteiger partial charge in [-0.15, -0.1) is 0 Å². The Labute approximate surface area is 283 Å². The van der Waals surface area contributed by atoms with Crippen LogP contribution in [0, 0.1) is 5.82 Å². The summed E-state index contributed by atoms with van der Waals surface area (Å²) in [6.07, 6.45) is 1.78. The second kappa shape index (κ2) is 14.3. The third kappa shape index (κ3) is 6.84. The van der Waals surface area contributed by atoms with Crippen LogP contribution in [0.2, 0.25) is 0 Å². The highest BCUT2D eigenvalue weighted by Gasteiger charge is 2.35. The molecule has 0 bridgehead atoms. The van der Waals surface area contributed by atoms with Gasteiger partial charge in [0.25, 0.3) is 5.56 Å². The Morgan fingerprint density at radius 3 is 2.40 bits per heavy atom. The van der Waals surface area contributed by atoms with Gasteiger partial charge in [-0.1, -0.05) is 78.1 Å². The van der Waals surface area contributed by atoms with Gasteiger partial charge in [0.1, 0.15) is 23.9 Å². The van der Waals surface area contributed by atoms with E-state index < -0.39 is 12.0 Å². The largest absolute Gasteiger partial charge is 0.494 e. The average molecular weight is 714 g/mol. The SMILES string of the molecule is CCOC(=O)C1=C(c2ccccc2)N=c2s/c(=C\c3ccc(OCc4ccccc4F)c(Br)c3)c(=O)n2[C@@H]1c1ccc(OCC)cc1. The minimum Gasteiger partial charge on any atom is -0.494 e. The number of thiazole rings is 1. The fourth-order valence-electron chi connectivity index (χ4n) is 5.32. The molecule has 0 aliphatic carbocycles. The van der Waals surface area contributed by atoms with Crippen molar-refractivity contribution < 1.29 is 23.4 Å². The average Bonchev–Trinajstić information content (AvgIpc) is 3.39. The van der Waals surface area contributed by atoms with Crippen molar-refractivity contribution in [2.75, 3.05) is 13.2 Å². The number of esters is 1. The molecule has 1 atom stereocenters. The van der Waals surface area contributed by atoms with Gasteiger partial charge in [0, 0.05) is 11.1 Å². The van der Waals surface area contributed by atoms with Gasteiger partial charge in [0.05, 0.1) is 39.5 Å². The van der Waals surface area contributed by atoms with Gasteiger partial charge in [-0.05, 0) is 77.3 Å². The molecule has 0 radical (unpaired) electrons. The molecule has 0 saturated carbocycles. The van der Waals surface area contributed by atoms with Gasteiger partial charge < -0.3 is 14.2 Å². The number of ether oxygens (including phenoxy) is 3. The zero-order valence-electron chi connectivity index (χ0n) is 25.6. The second-order valence-corrected chi connectivity index (χ2v) is 12.4. The Kier molecular flexibility index (Phi) is 9.79. The van der Waals surface area contributed by atoms with Gasteiger partial charge >= 0.3 is 5.97 Å². The minimum atomic E-state index is -0.792. The van der Waals surface area contributed by atoms with Crippen LogP contribution >= 0.6 is 27.3 Å². The fourth-order valence-corrected chi connectivity index (χ4v) is 6.83. The molecule has 0 saturated heterocycles. The molecule has 0 fully saturated rings. The van der Waals surface area contributed by atoms with E-state index in [2.05, 4.69) is 15.9 Å². The molecule has 0 amide bonds. The van der Waals surface area contributed by atoms with E-state index in [9.17, 15) is 14.0 Å². The normalized spacial score (nSPS) is 14.4. The van der Waals surface area contributed by atoms with Crippen LogP contribution in [0.1, 0.15) is 42.1 Å². The summed E-state index contributed by atoms with van der Waals surface area (Å²) in [4.78, 5) is 33.2. The highest BCUT2D eigenvalue weighted by atomic mass is 79.9. The van der Waals surface area contributed by atoms with Crippen LogP contribution in [-0.2, 0) is 16.1 Å². The van der Waals surface area contributed by atoms with Gasteiger partial charge in [0.2, 0.25) is 0 Å². The molecule has 10 heteroatoms. The Bertz CT molecular complexity index is 2140. The van der Waals surface area contributed by atoms with Crippen molar-refractivity contribution in [1.29, 1.82) is 0 Å². The number of carbonyl (C=O) groups excluding carboxylic acids is 1. The molecule has 238 valence electrons. The van der Waals surface area contributed by atoms with Crippen LogP contribution in [0.5, 0.6) is 11.5 Å². The minimum absolute atomic E-state index is 0.0707. The molecule has 4 aromatic carbocycles. The summed E-state index contributed by atoms with van der Waals surface area (Å²) in [7, 11) is 0. The predicted molar refractivity (Wildman–Crippen MR) is 184 cm³/mol. The summed E-state index contributed by atoms with van der Waals surface area (Å²) in [5, 5.41) is 0. The highest BCUT2D eigenvalue weighted by Crippen LogP contribution is 2.36. The number of aromatic nitrogens is 1. The molecule has 0 N–H and O–H groups in total. The van der Waals surface area contributed by atoms with Crippen molar-refractivity contribution in [2.24, 2.45) is 4.99 Å². The van der Waals surface area contributed by atoms with Gasteiger partial charge in [-0.3, -0.25) is 9.36 Å². The van der Waals surface area contributed by atoms with Gasteiger partial charge in [0.15, 0.2) is 4.80 Å². The molecule has 0 unspecified atom stereocenters. The van der Waals surface area contributed by atoms with Crippen LogP contribution in [0.4, 0.5) is 4.39 Å². The van der Waals surface area contributed by atoms with E-state index in [-0.39, 0.29) is 30.2 Å². The first-order valence-corrected chi connectivity index (χ1v) is 16.7. The Morgan fingerprint density at radius 2 is 1.70 bits per heavy atom. The number of hydrogen-bond acceptors (Lipinski definition) is 7. The lowest BCUT2D eigenvalue weighted by molar-refractivity contribution is -0.138. The van der Waals surface area contributed by atoms with Crippen molar-refractivity contribution >= 4 is 45.0 Å². The van der Waals surface area contributed by atoms with E-state index in [4.69, 9.17) is 19.2 Å². The molecule has 5 aromatic rings. The molecule has 1 aliphatic heterocycles. The highest BCUT2D eigenvalue weighted by molar-refractivity contribution is 9.10. The Hall–Kier alpha value is -4.80. The Balaban J connectivity index is 1.46. The van der Waals surface area contributed by atoms with Crippen molar-refractivity contribution in [2.45, 2.75) is 26.5 Å². The second-order valence-electron chi connectivity index (χ2n) is 10.5. The number of nitrogens with zero attached hydrogens (tertiary/aromatic N) is 2. The van der Waals surface area contributed by atoms with Crippen LogP contribution < -0.4 is 24.4 Å². The molecule has 1 aromatic heterocycles. The van der Waals surface area contributed by atoms with E-state index >= 15 is 0 Å². The van der Waals surface area contributed by atoms with E-state index in [1.54, 1.807) is 41.8 Å². The van der Waals surface area contributed by atoms with E-state index in [1.165, 1.54) is 17.4 Å². The maximum Gasteiger partial charge on any atom is 0.338 e. The molecule has 47 heavy (non-hydrogen) atoms. The monoisotopic (exact) mass is 712 g/mol. The zero-order valence-corrected chi connectivity index (χ0v) is 28.0. The zero-order chi connectivity index (χ0) is 32.9. The van der Waals surface area contributed by atoms with E-state index in [0.29, 0.717) is 48.7 Å². The first kappa shape index (κ1) is 32.2. The maximum absolute atomic E-state index is 14.2. The first-order chi connectivity index (χ1) is 22.9. The van der Waals surface area contributed by atoms with E-state index in [0.717, 1.165) is 11.1 Å². The molecule has 0 spiro atoms.